The van der Waals surface area contributed by atoms with Crippen molar-refractivity contribution in [3.8, 4) is 0 Å². The lowest BCUT2D eigenvalue weighted by Crippen LogP contribution is -2.32. The van der Waals surface area contributed by atoms with Gasteiger partial charge in [0.2, 0.25) is 5.91 Å². The van der Waals surface area contributed by atoms with Crippen LogP contribution in [0.15, 0.2) is 12.3 Å². The monoisotopic (exact) mass is 328 g/mol. The standard InChI is InChI=1S/C17H24N6O/c1-21(2)17(24)12-6-10-22(11-12)16-13-3-7-18-8-4-14(13)20-15-5-9-19-23(15)16/h5,9,12,18H,3-4,6-8,10-11H2,1-2H3/t12-/m0/s1. The molecular formula is C17H24N6O. The molecule has 0 unspecified atom stereocenters. The quantitative estimate of drug-likeness (QED) is 0.861. The molecule has 7 nitrogen and oxygen atoms in total. The van der Waals surface area contributed by atoms with Crippen LogP contribution in [-0.4, -0.2) is 65.7 Å². The Balaban J connectivity index is 1.75. The number of hydrogen-bond donors (Lipinski definition) is 1. The van der Waals surface area contributed by atoms with Crippen LogP contribution in [0.5, 0.6) is 0 Å². The maximum atomic E-state index is 12.3. The van der Waals surface area contributed by atoms with E-state index in [0.29, 0.717) is 0 Å². The number of nitrogens with zero attached hydrogens (tertiary/aromatic N) is 5. The Bertz CT molecular complexity index is 768. The molecule has 1 amide bonds. The van der Waals surface area contributed by atoms with Crippen molar-refractivity contribution in [3.05, 3.63) is 23.5 Å². The van der Waals surface area contributed by atoms with E-state index in [1.54, 1.807) is 4.90 Å². The van der Waals surface area contributed by atoms with Gasteiger partial charge in [-0.05, 0) is 19.4 Å². The highest BCUT2D eigenvalue weighted by Crippen LogP contribution is 2.30. The largest absolute Gasteiger partial charge is 0.355 e. The Hall–Kier alpha value is -2.15. The fraction of sp³-hybridized carbons (Fsp3) is 0.588. The van der Waals surface area contributed by atoms with Gasteiger partial charge in [0, 0.05) is 51.8 Å². The molecule has 4 rings (SSSR count). The fourth-order valence-electron chi connectivity index (χ4n) is 3.86. The van der Waals surface area contributed by atoms with Gasteiger partial charge in [0.25, 0.3) is 0 Å². The molecule has 0 spiro atoms. The van der Waals surface area contributed by atoms with Crippen LogP contribution >= 0.6 is 0 Å². The Kier molecular flexibility index (Phi) is 3.88. The van der Waals surface area contributed by atoms with Gasteiger partial charge in [-0.25, -0.2) is 4.98 Å². The van der Waals surface area contributed by atoms with Crippen molar-refractivity contribution < 1.29 is 4.79 Å². The molecule has 24 heavy (non-hydrogen) atoms. The summed E-state index contributed by atoms with van der Waals surface area (Å²) in [5.41, 5.74) is 3.35. The van der Waals surface area contributed by atoms with Crippen LogP contribution in [0.25, 0.3) is 5.65 Å². The Morgan fingerprint density at radius 3 is 3.00 bits per heavy atom. The highest BCUT2D eigenvalue weighted by Gasteiger charge is 2.32. The molecule has 0 saturated carbocycles. The molecule has 1 atom stereocenters. The fourth-order valence-corrected chi connectivity index (χ4v) is 3.86. The van der Waals surface area contributed by atoms with Crippen LogP contribution in [0.3, 0.4) is 0 Å². The Morgan fingerprint density at radius 2 is 2.17 bits per heavy atom. The molecule has 7 heteroatoms. The molecule has 1 fully saturated rings. The zero-order valence-corrected chi connectivity index (χ0v) is 14.3. The molecule has 0 bridgehead atoms. The maximum Gasteiger partial charge on any atom is 0.227 e. The molecule has 1 N–H and O–H groups in total. The second-order valence-electron chi connectivity index (χ2n) is 6.88. The number of carbonyl (C=O) groups is 1. The lowest BCUT2D eigenvalue weighted by molar-refractivity contribution is -0.132. The minimum atomic E-state index is 0.0679. The molecule has 2 aliphatic rings. The number of aromatic nitrogens is 3. The average Bonchev–Trinajstić information content (AvgIpc) is 3.16. The number of amides is 1. The maximum absolute atomic E-state index is 12.3. The zero-order valence-electron chi connectivity index (χ0n) is 14.3. The molecule has 0 aliphatic carbocycles. The van der Waals surface area contributed by atoms with Gasteiger partial charge < -0.3 is 15.1 Å². The van der Waals surface area contributed by atoms with Crippen LogP contribution in [0.1, 0.15) is 17.7 Å². The van der Waals surface area contributed by atoms with Gasteiger partial charge in [-0.2, -0.15) is 9.61 Å². The minimum Gasteiger partial charge on any atom is -0.355 e. The number of rotatable bonds is 2. The summed E-state index contributed by atoms with van der Waals surface area (Å²) in [5, 5.41) is 7.96. The van der Waals surface area contributed by atoms with E-state index in [9.17, 15) is 4.79 Å². The lowest BCUT2D eigenvalue weighted by Gasteiger charge is -2.24. The van der Waals surface area contributed by atoms with Gasteiger partial charge in [0.15, 0.2) is 5.65 Å². The van der Waals surface area contributed by atoms with Crippen LogP contribution in [0.2, 0.25) is 0 Å². The SMILES string of the molecule is CN(C)C(=O)[C@H]1CCN(c2c3c(nc4ccnn24)CCNCC3)C1. The summed E-state index contributed by atoms with van der Waals surface area (Å²) in [4.78, 5) is 21.2. The first-order valence-corrected chi connectivity index (χ1v) is 8.67. The van der Waals surface area contributed by atoms with Gasteiger partial charge in [0.05, 0.1) is 17.8 Å². The summed E-state index contributed by atoms with van der Waals surface area (Å²) in [5.74, 6) is 1.42. The van der Waals surface area contributed by atoms with E-state index in [1.807, 2.05) is 30.9 Å². The van der Waals surface area contributed by atoms with Crippen molar-refractivity contribution >= 4 is 17.4 Å². The highest BCUT2D eigenvalue weighted by atomic mass is 16.2. The predicted octanol–water partition coefficient (Wildman–Crippen LogP) is 0.332. The first-order valence-electron chi connectivity index (χ1n) is 8.67. The number of hydrogen-bond acceptors (Lipinski definition) is 5. The van der Waals surface area contributed by atoms with Gasteiger partial charge >= 0.3 is 0 Å². The van der Waals surface area contributed by atoms with Crippen LogP contribution in [-0.2, 0) is 17.6 Å². The van der Waals surface area contributed by atoms with E-state index < -0.39 is 0 Å². The van der Waals surface area contributed by atoms with Crippen molar-refractivity contribution in [3.63, 3.8) is 0 Å². The van der Waals surface area contributed by atoms with E-state index >= 15 is 0 Å². The summed E-state index contributed by atoms with van der Waals surface area (Å²) in [6.45, 7) is 3.58. The van der Waals surface area contributed by atoms with E-state index in [1.165, 1.54) is 11.3 Å². The second kappa shape index (κ2) is 6.05. The second-order valence-corrected chi connectivity index (χ2v) is 6.88. The molecule has 4 heterocycles. The van der Waals surface area contributed by atoms with E-state index in [0.717, 1.165) is 56.9 Å². The summed E-state index contributed by atoms with van der Waals surface area (Å²) >= 11 is 0. The number of anilines is 1. The van der Waals surface area contributed by atoms with Crippen molar-refractivity contribution in [1.29, 1.82) is 0 Å². The topological polar surface area (TPSA) is 65.8 Å². The van der Waals surface area contributed by atoms with Crippen LogP contribution in [0, 0.1) is 5.92 Å². The molecule has 0 aromatic carbocycles. The van der Waals surface area contributed by atoms with Crippen molar-refractivity contribution in [2.24, 2.45) is 5.92 Å². The van der Waals surface area contributed by atoms with Crippen LogP contribution < -0.4 is 10.2 Å². The highest BCUT2D eigenvalue weighted by molar-refractivity contribution is 5.79. The van der Waals surface area contributed by atoms with E-state index in [2.05, 4.69) is 15.3 Å². The molecule has 1 saturated heterocycles. The van der Waals surface area contributed by atoms with Gasteiger partial charge in [0.1, 0.15) is 5.82 Å². The van der Waals surface area contributed by atoms with Crippen molar-refractivity contribution in [2.75, 3.05) is 45.2 Å². The van der Waals surface area contributed by atoms with Gasteiger partial charge in [-0.1, -0.05) is 0 Å². The van der Waals surface area contributed by atoms with Crippen molar-refractivity contribution in [2.45, 2.75) is 19.3 Å². The third kappa shape index (κ3) is 2.53. The first-order chi connectivity index (χ1) is 11.6. The van der Waals surface area contributed by atoms with E-state index in [4.69, 9.17) is 4.98 Å². The molecular weight excluding hydrogens is 304 g/mol. The summed E-state index contributed by atoms with van der Waals surface area (Å²) in [6.07, 6.45) is 4.60. The summed E-state index contributed by atoms with van der Waals surface area (Å²) < 4.78 is 1.95. The first kappa shape index (κ1) is 15.4. The normalized spacial score (nSPS) is 20.9. The lowest BCUT2D eigenvalue weighted by atomic mass is 10.1. The molecule has 0 radical (unpaired) electrons. The van der Waals surface area contributed by atoms with E-state index in [-0.39, 0.29) is 11.8 Å². The third-order valence-corrected chi connectivity index (χ3v) is 5.06. The zero-order chi connectivity index (χ0) is 16.7. The Morgan fingerprint density at radius 1 is 1.33 bits per heavy atom. The third-order valence-electron chi connectivity index (χ3n) is 5.06. The van der Waals surface area contributed by atoms with Crippen molar-refractivity contribution in [1.82, 2.24) is 24.8 Å². The molecule has 2 aromatic heterocycles. The molecule has 128 valence electrons. The summed E-state index contributed by atoms with van der Waals surface area (Å²) in [7, 11) is 3.67. The average molecular weight is 328 g/mol. The number of carbonyl (C=O) groups excluding carboxylic acids is 1. The predicted molar refractivity (Wildman–Crippen MR) is 92.3 cm³/mol. The number of fused-ring (bicyclic) bond motifs is 2. The summed E-state index contributed by atoms with van der Waals surface area (Å²) in [6, 6.07) is 1.96. The number of nitrogens with one attached hydrogen (secondary N) is 1. The minimum absolute atomic E-state index is 0.0679. The van der Waals surface area contributed by atoms with Gasteiger partial charge in [-0.15, -0.1) is 0 Å². The Labute approximate surface area is 141 Å². The van der Waals surface area contributed by atoms with Crippen LogP contribution in [0.4, 0.5) is 5.82 Å². The van der Waals surface area contributed by atoms with Gasteiger partial charge in [-0.3, -0.25) is 4.79 Å². The molecule has 2 aliphatic heterocycles. The molecule has 2 aromatic rings. The smallest absolute Gasteiger partial charge is 0.227 e.